The molecular weight excluding hydrogens is 264 g/mol. The number of benzene rings is 2. The maximum Gasteiger partial charge on any atom is 0.196 e. The molecule has 3 heteroatoms. The van der Waals surface area contributed by atoms with Crippen molar-refractivity contribution in [2.75, 3.05) is 13.7 Å². The third-order valence-corrected chi connectivity index (χ3v) is 3.04. The molecule has 0 atom stereocenters. The highest BCUT2D eigenvalue weighted by Gasteiger charge is 2.15. The zero-order valence-corrected chi connectivity index (χ0v) is 12.2. The molecular formula is C18H18O3. The topological polar surface area (TPSA) is 35.5 Å². The van der Waals surface area contributed by atoms with E-state index in [1.807, 2.05) is 37.3 Å². The van der Waals surface area contributed by atoms with E-state index in [-0.39, 0.29) is 5.78 Å². The van der Waals surface area contributed by atoms with Crippen molar-refractivity contribution in [1.29, 1.82) is 0 Å². The number of ether oxygens (including phenoxy) is 2. The van der Waals surface area contributed by atoms with Crippen LogP contribution in [-0.4, -0.2) is 19.5 Å². The summed E-state index contributed by atoms with van der Waals surface area (Å²) in [6.07, 6.45) is 3.79. The summed E-state index contributed by atoms with van der Waals surface area (Å²) in [5.41, 5.74) is 1.17. The van der Waals surface area contributed by atoms with Gasteiger partial charge in [-0.1, -0.05) is 42.5 Å². The molecule has 108 valence electrons. The third kappa shape index (κ3) is 3.72. The molecule has 0 saturated heterocycles. The summed E-state index contributed by atoms with van der Waals surface area (Å²) in [7, 11) is 1.59. The van der Waals surface area contributed by atoms with Crippen LogP contribution in [-0.2, 0) is 0 Å². The largest absolute Gasteiger partial charge is 0.497 e. The van der Waals surface area contributed by atoms with E-state index in [4.69, 9.17) is 9.47 Å². The second-order valence-electron chi connectivity index (χ2n) is 4.44. The van der Waals surface area contributed by atoms with Crippen LogP contribution in [0.3, 0.4) is 0 Å². The average Bonchev–Trinajstić information content (AvgIpc) is 2.55. The van der Waals surface area contributed by atoms with Gasteiger partial charge >= 0.3 is 0 Å². The molecule has 0 spiro atoms. The number of hydrogen-bond acceptors (Lipinski definition) is 3. The lowest BCUT2D eigenvalue weighted by atomic mass is 10.0. The quantitative estimate of drug-likeness (QED) is 0.596. The summed E-state index contributed by atoms with van der Waals surface area (Å²) in [5, 5.41) is 0. The molecule has 0 aliphatic heterocycles. The summed E-state index contributed by atoms with van der Waals surface area (Å²) >= 11 is 0. The number of allylic oxidation sites excluding steroid dienone is 1. The van der Waals surface area contributed by atoms with E-state index in [2.05, 4.69) is 0 Å². The fourth-order valence-corrected chi connectivity index (χ4v) is 1.92. The highest BCUT2D eigenvalue weighted by molar-refractivity contribution is 6.10. The molecule has 0 bridgehead atoms. The fraction of sp³-hybridized carbons (Fsp3) is 0.167. The number of carbonyl (C=O) groups is 1. The summed E-state index contributed by atoms with van der Waals surface area (Å²) in [6.45, 7) is 2.34. The Morgan fingerprint density at radius 1 is 1.14 bits per heavy atom. The predicted octanol–water partition coefficient (Wildman–Crippen LogP) is 3.88. The summed E-state index contributed by atoms with van der Waals surface area (Å²) in [4.78, 5) is 12.6. The summed E-state index contributed by atoms with van der Waals surface area (Å²) in [6, 6.07) is 14.4. The smallest absolute Gasteiger partial charge is 0.196 e. The Morgan fingerprint density at radius 2 is 1.90 bits per heavy atom. The van der Waals surface area contributed by atoms with Crippen molar-refractivity contribution >= 4 is 5.78 Å². The molecule has 0 amide bonds. The first-order valence-electron chi connectivity index (χ1n) is 6.78. The van der Waals surface area contributed by atoms with E-state index in [1.54, 1.807) is 37.4 Å². The van der Waals surface area contributed by atoms with Crippen LogP contribution in [0.15, 0.2) is 60.7 Å². The summed E-state index contributed by atoms with van der Waals surface area (Å²) < 4.78 is 10.9. The Labute approximate surface area is 124 Å². The molecule has 0 fully saturated rings. The van der Waals surface area contributed by atoms with Crippen molar-refractivity contribution in [1.82, 2.24) is 0 Å². The second kappa shape index (κ2) is 7.29. The van der Waals surface area contributed by atoms with Gasteiger partial charge in [0.2, 0.25) is 0 Å². The molecule has 0 heterocycles. The van der Waals surface area contributed by atoms with Gasteiger partial charge in [-0.15, -0.1) is 0 Å². The Bertz CT molecular complexity index is 630. The molecule has 0 aromatic heterocycles. The van der Waals surface area contributed by atoms with Gasteiger partial charge in [-0.25, -0.2) is 0 Å². The minimum atomic E-state index is -0.0614. The minimum absolute atomic E-state index is 0.0614. The van der Waals surface area contributed by atoms with Gasteiger partial charge in [0.15, 0.2) is 5.78 Å². The monoisotopic (exact) mass is 282 g/mol. The normalized spacial score (nSPS) is 10.6. The molecule has 0 saturated carbocycles. The number of carbonyl (C=O) groups excluding carboxylic acids is 1. The number of hydrogen-bond donors (Lipinski definition) is 0. The van der Waals surface area contributed by atoms with Crippen LogP contribution in [0.4, 0.5) is 0 Å². The summed E-state index contributed by atoms with van der Waals surface area (Å²) in [5.74, 6) is 1.13. The lowest BCUT2D eigenvalue weighted by molar-refractivity contribution is 0.103. The minimum Gasteiger partial charge on any atom is -0.497 e. The molecule has 0 radical (unpaired) electrons. The fourth-order valence-electron chi connectivity index (χ4n) is 1.92. The Balaban J connectivity index is 2.35. The van der Waals surface area contributed by atoms with E-state index < -0.39 is 0 Å². The van der Waals surface area contributed by atoms with Gasteiger partial charge in [-0.2, -0.15) is 0 Å². The lowest BCUT2D eigenvalue weighted by Gasteiger charge is -2.11. The van der Waals surface area contributed by atoms with Gasteiger partial charge in [0.25, 0.3) is 0 Å². The first kappa shape index (κ1) is 14.9. The maximum absolute atomic E-state index is 12.6. The van der Waals surface area contributed by atoms with Crippen molar-refractivity contribution in [3.63, 3.8) is 0 Å². The average molecular weight is 282 g/mol. The van der Waals surface area contributed by atoms with Gasteiger partial charge in [0, 0.05) is 11.6 Å². The number of methoxy groups -OCH3 is 1. The molecule has 3 nitrogen and oxygen atoms in total. The number of rotatable bonds is 6. The first-order chi connectivity index (χ1) is 10.3. The van der Waals surface area contributed by atoms with Crippen molar-refractivity contribution < 1.29 is 14.3 Å². The van der Waals surface area contributed by atoms with E-state index in [0.717, 1.165) is 0 Å². The molecule has 0 unspecified atom stereocenters. The zero-order chi connectivity index (χ0) is 15.1. The molecule has 21 heavy (non-hydrogen) atoms. The molecule has 0 aliphatic carbocycles. The van der Waals surface area contributed by atoms with Gasteiger partial charge in [0.05, 0.1) is 12.7 Å². The van der Waals surface area contributed by atoms with Crippen LogP contribution >= 0.6 is 0 Å². The Morgan fingerprint density at radius 3 is 2.57 bits per heavy atom. The molecule has 2 aromatic rings. The van der Waals surface area contributed by atoms with Crippen molar-refractivity contribution in [3.05, 3.63) is 71.8 Å². The molecule has 0 N–H and O–H groups in total. The zero-order valence-electron chi connectivity index (χ0n) is 12.2. The SMILES string of the molecule is C/C=C/COc1cc(OC)ccc1C(=O)c1ccccc1. The van der Waals surface area contributed by atoms with E-state index >= 15 is 0 Å². The van der Waals surface area contributed by atoms with Crippen LogP contribution in [0.5, 0.6) is 11.5 Å². The van der Waals surface area contributed by atoms with E-state index in [0.29, 0.717) is 29.2 Å². The highest BCUT2D eigenvalue weighted by atomic mass is 16.5. The Hall–Kier alpha value is -2.55. The van der Waals surface area contributed by atoms with Crippen molar-refractivity contribution in [2.24, 2.45) is 0 Å². The van der Waals surface area contributed by atoms with Gasteiger partial charge < -0.3 is 9.47 Å². The third-order valence-electron chi connectivity index (χ3n) is 3.04. The standard InChI is InChI=1S/C18H18O3/c1-3-4-12-21-17-13-15(20-2)10-11-16(17)18(19)14-8-6-5-7-9-14/h3-11,13H,12H2,1-2H3/b4-3+. The first-order valence-corrected chi connectivity index (χ1v) is 6.78. The second-order valence-corrected chi connectivity index (χ2v) is 4.44. The van der Waals surface area contributed by atoms with Gasteiger partial charge in [-0.05, 0) is 19.1 Å². The van der Waals surface area contributed by atoms with Crippen LogP contribution in [0.2, 0.25) is 0 Å². The predicted molar refractivity (Wildman–Crippen MR) is 83.2 cm³/mol. The molecule has 2 aromatic carbocycles. The highest BCUT2D eigenvalue weighted by Crippen LogP contribution is 2.27. The van der Waals surface area contributed by atoms with E-state index in [1.165, 1.54) is 0 Å². The molecule has 0 aliphatic rings. The van der Waals surface area contributed by atoms with E-state index in [9.17, 15) is 4.79 Å². The van der Waals surface area contributed by atoms with Crippen molar-refractivity contribution in [3.8, 4) is 11.5 Å². The van der Waals surface area contributed by atoms with Gasteiger partial charge in [-0.3, -0.25) is 4.79 Å². The molecule has 2 rings (SSSR count). The van der Waals surface area contributed by atoms with Gasteiger partial charge in [0.1, 0.15) is 18.1 Å². The number of ketones is 1. The van der Waals surface area contributed by atoms with Crippen LogP contribution < -0.4 is 9.47 Å². The van der Waals surface area contributed by atoms with Crippen LogP contribution in [0.25, 0.3) is 0 Å². The Kier molecular flexibility index (Phi) is 5.16. The lowest BCUT2D eigenvalue weighted by Crippen LogP contribution is -2.06. The van der Waals surface area contributed by atoms with Crippen molar-refractivity contribution in [2.45, 2.75) is 6.92 Å². The van der Waals surface area contributed by atoms with Crippen LogP contribution in [0, 0.1) is 0 Å². The maximum atomic E-state index is 12.6. The van der Waals surface area contributed by atoms with Crippen LogP contribution in [0.1, 0.15) is 22.8 Å².